The topological polar surface area (TPSA) is 215 Å². The van der Waals surface area contributed by atoms with Crippen molar-refractivity contribution in [2.45, 2.75) is 18.6 Å². The molecule has 0 radical (unpaired) electrons. The fourth-order valence-electron chi connectivity index (χ4n) is 3.46. The molecule has 2 atom stereocenters. The minimum absolute atomic E-state index is 0.0368. The van der Waals surface area contributed by atoms with Crippen molar-refractivity contribution in [1.29, 1.82) is 0 Å². The van der Waals surface area contributed by atoms with E-state index in [2.05, 4.69) is 26.3 Å². The number of rotatable bonds is 9. The zero-order chi connectivity index (χ0) is 27.1. The number of primary amides is 1. The lowest BCUT2D eigenvalue weighted by molar-refractivity contribution is -0.137. The fraction of sp³-hybridized carbons (Fsp3) is 0.261. The highest BCUT2D eigenvalue weighted by atomic mass is 35.5. The Morgan fingerprint density at radius 2 is 1.89 bits per heavy atom. The van der Waals surface area contributed by atoms with E-state index in [1.165, 1.54) is 36.4 Å². The molecule has 9 N–H and O–H groups in total. The van der Waals surface area contributed by atoms with E-state index in [9.17, 15) is 34.5 Å². The Morgan fingerprint density at radius 1 is 1.14 bits per heavy atom. The standard InChI is InChI=1S/C23H25ClN6O7/c24-14-2-11(1-12(3-14)21(25)36)18(7-20(34)35)30-19(33)10-26-22(37)13-4-15(6-16(31)5-13)29-23-27-8-17(32)9-28-23/h1-6,17-18,31-32H,7-10H2,(H2,25,36)(H,26,37)(H,30,33)(H,34,35)(H2,27,28,29). The number of benzene rings is 2. The van der Waals surface area contributed by atoms with Crippen LogP contribution in [0.5, 0.6) is 5.75 Å². The summed E-state index contributed by atoms with van der Waals surface area (Å²) in [7, 11) is 0. The third-order valence-corrected chi connectivity index (χ3v) is 5.36. The van der Waals surface area contributed by atoms with Crippen molar-refractivity contribution in [3.8, 4) is 5.75 Å². The number of hydrogen-bond donors (Lipinski definition) is 8. The van der Waals surface area contributed by atoms with Crippen LogP contribution in [0.1, 0.15) is 38.7 Å². The molecular formula is C23H25ClN6O7. The molecule has 14 heteroatoms. The Hall–Kier alpha value is -4.36. The Labute approximate surface area is 215 Å². The lowest BCUT2D eigenvalue weighted by Crippen LogP contribution is -2.42. The number of β-amino-alcohol motifs (C(OH)–C–C–N with tert-alkyl or cyclic N) is 1. The predicted molar refractivity (Wildman–Crippen MR) is 133 cm³/mol. The number of carboxylic acids is 1. The third kappa shape index (κ3) is 8.08. The van der Waals surface area contributed by atoms with Gasteiger partial charge < -0.3 is 42.3 Å². The monoisotopic (exact) mass is 532 g/mol. The zero-order valence-electron chi connectivity index (χ0n) is 19.3. The largest absolute Gasteiger partial charge is 0.508 e. The average Bonchev–Trinajstić information content (AvgIpc) is 2.82. The number of guanidine groups is 1. The summed E-state index contributed by atoms with van der Waals surface area (Å²) < 4.78 is 0. The molecule has 1 heterocycles. The number of phenols is 1. The van der Waals surface area contributed by atoms with Gasteiger partial charge >= 0.3 is 5.97 Å². The molecule has 0 aromatic heterocycles. The highest BCUT2D eigenvalue weighted by Gasteiger charge is 2.21. The third-order valence-electron chi connectivity index (χ3n) is 5.14. The fourth-order valence-corrected chi connectivity index (χ4v) is 3.70. The van der Waals surface area contributed by atoms with Crippen LogP contribution in [0, 0.1) is 0 Å². The first-order valence-electron chi connectivity index (χ1n) is 11.0. The minimum atomic E-state index is -1.22. The summed E-state index contributed by atoms with van der Waals surface area (Å²) in [5.74, 6) is -3.26. The van der Waals surface area contributed by atoms with Crippen LogP contribution >= 0.6 is 11.6 Å². The summed E-state index contributed by atoms with van der Waals surface area (Å²) in [6, 6.07) is 6.96. The van der Waals surface area contributed by atoms with Crippen LogP contribution < -0.4 is 27.0 Å². The van der Waals surface area contributed by atoms with E-state index in [-0.39, 0.29) is 40.6 Å². The zero-order valence-corrected chi connectivity index (χ0v) is 20.1. The van der Waals surface area contributed by atoms with Crippen molar-refractivity contribution in [2.75, 3.05) is 25.0 Å². The van der Waals surface area contributed by atoms with Gasteiger partial charge in [-0.15, -0.1) is 0 Å². The van der Waals surface area contributed by atoms with Gasteiger partial charge in [-0.25, -0.2) is 0 Å². The summed E-state index contributed by atoms with van der Waals surface area (Å²) in [5, 5.41) is 39.5. The number of anilines is 1. The molecular weight excluding hydrogens is 508 g/mol. The molecule has 3 amide bonds. The Bertz CT molecular complexity index is 1250. The number of nitrogens with one attached hydrogen (secondary N) is 4. The normalized spacial score (nSPS) is 15.5. The highest BCUT2D eigenvalue weighted by Crippen LogP contribution is 2.23. The second kappa shape index (κ2) is 12.1. The van der Waals surface area contributed by atoms with Gasteiger partial charge in [-0.05, 0) is 35.9 Å². The molecule has 1 aliphatic rings. The number of nitrogens with zero attached hydrogens (tertiary/aromatic N) is 1. The Balaban J connectivity index is 1.66. The maximum atomic E-state index is 12.6. The molecule has 2 aromatic carbocycles. The van der Waals surface area contributed by atoms with Crippen LogP contribution in [0.3, 0.4) is 0 Å². The first kappa shape index (κ1) is 27.2. The van der Waals surface area contributed by atoms with Gasteiger partial charge in [0.15, 0.2) is 5.96 Å². The molecule has 2 unspecified atom stereocenters. The van der Waals surface area contributed by atoms with Crippen molar-refractivity contribution < 1.29 is 34.5 Å². The van der Waals surface area contributed by atoms with Gasteiger partial charge in [0.2, 0.25) is 11.8 Å². The van der Waals surface area contributed by atoms with Crippen molar-refractivity contribution in [3.63, 3.8) is 0 Å². The second-order valence-electron chi connectivity index (χ2n) is 8.16. The molecule has 3 rings (SSSR count). The van der Waals surface area contributed by atoms with Gasteiger partial charge in [0.05, 0.1) is 31.7 Å². The minimum Gasteiger partial charge on any atom is -0.508 e. The number of aromatic hydroxyl groups is 1. The number of hydrogen-bond acceptors (Lipinski definition) is 9. The maximum Gasteiger partial charge on any atom is 0.305 e. The number of phenolic OH excluding ortho intramolecular Hbond substituents is 1. The average molecular weight is 533 g/mol. The number of aliphatic hydroxyl groups is 1. The molecule has 0 bridgehead atoms. The van der Waals surface area contributed by atoms with E-state index in [1.54, 1.807) is 0 Å². The molecule has 196 valence electrons. The van der Waals surface area contributed by atoms with E-state index in [0.717, 1.165) is 0 Å². The number of amides is 3. The Kier molecular flexibility index (Phi) is 8.87. The van der Waals surface area contributed by atoms with Gasteiger partial charge in [-0.2, -0.15) is 0 Å². The van der Waals surface area contributed by atoms with Gasteiger partial charge in [0.25, 0.3) is 5.91 Å². The molecule has 0 fully saturated rings. The first-order valence-corrected chi connectivity index (χ1v) is 11.3. The molecule has 13 nitrogen and oxygen atoms in total. The lowest BCUT2D eigenvalue weighted by atomic mass is 10.0. The number of carbonyl (C=O) groups is 4. The Morgan fingerprint density at radius 3 is 2.54 bits per heavy atom. The van der Waals surface area contributed by atoms with Gasteiger partial charge in [-0.3, -0.25) is 24.2 Å². The first-order chi connectivity index (χ1) is 17.5. The maximum absolute atomic E-state index is 12.6. The van der Waals surface area contributed by atoms with Crippen molar-refractivity contribution in [2.24, 2.45) is 10.7 Å². The highest BCUT2D eigenvalue weighted by molar-refractivity contribution is 6.31. The number of aliphatic carboxylic acids is 1. The molecule has 0 saturated carbocycles. The van der Waals surface area contributed by atoms with Crippen molar-refractivity contribution >= 4 is 46.9 Å². The molecule has 0 spiro atoms. The number of aliphatic hydroxyl groups excluding tert-OH is 1. The number of carboxylic acid groups (broad SMARTS) is 1. The van der Waals surface area contributed by atoms with Crippen LogP contribution in [-0.4, -0.2) is 70.7 Å². The van der Waals surface area contributed by atoms with E-state index >= 15 is 0 Å². The smallest absolute Gasteiger partial charge is 0.305 e. The summed E-state index contributed by atoms with van der Waals surface area (Å²) >= 11 is 6.00. The summed E-state index contributed by atoms with van der Waals surface area (Å²) in [6.45, 7) is -0.0315. The molecule has 0 aliphatic carbocycles. The SMILES string of the molecule is NC(=O)c1cc(Cl)cc(C(CC(=O)O)NC(=O)CNC(=O)c2cc(O)cc(NC3=NCC(O)CN3)c2)c1. The predicted octanol–water partition coefficient (Wildman–Crippen LogP) is -0.0615. The van der Waals surface area contributed by atoms with Crippen LogP contribution in [0.15, 0.2) is 41.4 Å². The second-order valence-corrected chi connectivity index (χ2v) is 8.59. The quantitative estimate of drug-likeness (QED) is 0.216. The van der Waals surface area contributed by atoms with Gasteiger partial charge in [-0.1, -0.05) is 11.6 Å². The summed E-state index contributed by atoms with van der Waals surface area (Å²) in [4.78, 5) is 52.1. The summed E-state index contributed by atoms with van der Waals surface area (Å²) in [6.07, 6.45) is -1.13. The lowest BCUT2D eigenvalue weighted by Gasteiger charge is -2.20. The van der Waals surface area contributed by atoms with Gasteiger partial charge in [0, 0.05) is 34.4 Å². The molecule has 0 saturated heterocycles. The number of nitrogens with two attached hydrogens (primary N) is 1. The van der Waals surface area contributed by atoms with Crippen LogP contribution in [-0.2, 0) is 9.59 Å². The van der Waals surface area contributed by atoms with Crippen LogP contribution in [0.25, 0.3) is 0 Å². The van der Waals surface area contributed by atoms with Gasteiger partial charge in [0.1, 0.15) is 5.75 Å². The van der Waals surface area contributed by atoms with Crippen LogP contribution in [0.4, 0.5) is 5.69 Å². The van der Waals surface area contributed by atoms with E-state index < -0.39 is 48.8 Å². The molecule has 37 heavy (non-hydrogen) atoms. The molecule has 2 aromatic rings. The molecule has 1 aliphatic heterocycles. The van der Waals surface area contributed by atoms with Crippen LogP contribution in [0.2, 0.25) is 5.02 Å². The summed E-state index contributed by atoms with van der Waals surface area (Å²) in [5.41, 5.74) is 5.94. The number of aliphatic imine (C=N–C) groups is 1. The van der Waals surface area contributed by atoms with Crippen molar-refractivity contribution in [1.82, 2.24) is 16.0 Å². The van der Waals surface area contributed by atoms with Crippen molar-refractivity contribution in [3.05, 3.63) is 58.1 Å². The number of carbonyl (C=O) groups excluding carboxylic acids is 3. The van der Waals surface area contributed by atoms with E-state index in [4.69, 9.17) is 17.3 Å². The van der Waals surface area contributed by atoms with E-state index in [0.29, 0.717) is 11.6 Å². The van der Waals surface area contributed by atoms with E-state index in [1.807, 2.05) is 0 Å². The number of halogens is 1.